The molecule has 0 aliphatic carbocycles. The Bertz CT molecular complexity index is 905. The first-order valence-electron chi connectivity index (χ1n) is 6.82. The third-order valence-corrected chi connectivity index (χ3v) is 3.38. The van der Waals surface area contributed by atoms with Crippen molar-refractivity contribution >= 4 is 34.6 Å². The number of nitriles is 1. The molecule has 0 saturated heterocycles. The van der Waals surface area contributed by atoms with Crippen LogP contribution in [-0.4, -0.2) is 15.9 Å². The summed E-state index contributed by atoms with van der Waals surface area (Å²) in [4.78, 5) is 22.3. The first-order valence-corrected chi connectivity index (χ1v) is 7.20. The minimum Gasteiger partial charge on any atom is -0.506 e. The lowest BCUT2D eigenvalue weighted by Crippen LogP contribution is -2.15. The highest BCUT2D eigenvalue weighted by molar-refractivity contribution is 6.34. The smallest absolute Gasteiger partial charge is 0.271 e. The number of hydrogen-bond acceptors (Lipinski definition) is 6. The molecular formula is C16H11ClN4O4. The van der Waals surface area contributed by atoms with Gasteiger partial charge in [-0.1, -0.05) is 23.7 Å². The lowest BCUT2D eigenvalue weighted by Gasteiger charge is -2.07. The van der Waals surface area contributed by atoms with Crippen LogP contribution in [0, 0.1) is 21.4 Å². The highest BCUT2D eigenvalue weighted by Gasteiger charge is 2.15. The number of rotatable bonds is 5. The van der Waals surface area contributed by atoms with Gasteiger partial charge in [-0.25, -0.2) is 0 Å². The Kier molecular flexibility index (Phi) is 5.55. The van der Waals surface area contributed by atoms with Gasteiger partial charge in [0.05, 0.1) is 21.3 Å². The number of non-ortho nitro benzene ring substituents is 1. The molecule has 25 heavy (non-hydrogen) atoms. The monoisotopic (exact) mass is 358 g/mol. The number of hydrogen-bond donors (Lipinski definition) is 3. The fraction of sp³-hybridized carbons (Fsp3) is 0. The van der Waals surface area contributed by atoms with E-state index in [2.05, 4.69) is 10.6 Å². The zero-order chi connectivity index (χ0) is 18.4. The van der Waals surface area contributed by atoms with Gasteiger partial charge in [0, 0.05) is 18.3 Å². The molecule has 0 unspecified atom stereocenters. The quantitative estimate of drug-likeness (QED) is 0.247. The molecule has 0 aliphatic heterocycles. The Morgan fingerprint density at radius 3 is 2.64 bits per heavy atom. The number of nitro benzene ring substituents is 1. The predicted molar refractivity (Wildman–Crippen MR) is 92.2 cm³/mol. The van der Waals surface area contributed by atoms with E-state index in [9.17, 15) is 20.0 Å². The number of para-hydroxylation sites is 2. The highest BCUT2D eigenvalue weighted by Crippen LogP contribution is 2.27. The average Bonchev–Trinajstić information content (AvgIpc) is 2.58. The highest BCUT2D eigenvalue weighted by atomic mass is 35.5. The van der Waals surface area contributed by atoms with Crippen LogP contribution in [0.15, 0.2) is 54.2 Å². The lowest BCUT2D eigenvalue weighted by atomic mass is 10.2. The van der Waals surface area contributed by atoms with E-state index in [-0.39, 0.29) is 27.7 Å². The van der Waals surface area contributed by atoms with Gasteiger partial charge < -0.3 is 15.7 Å². The van der Waals surface area contributed by atoms with Crippen LogP contribution in [0.25, 0.3) is 0 Å². The molecule has 0 radical (unpaired) electrons. The molecule has 1 amide bonds. The van der Waals surface area contributed by atoms with Gasteiger partial charge in [-0.3, -0.25) is 14.9 Å². The fourth-order valence-corrected chi connectivity index (χ4v) is 1.97. The largest absolute Gasteiger partial charge is 0.506 e. The van der Waals surface area contributed by atoms with E-state index in [4.69, 9.17) is 16.9 Å². The van der Waals surface area contributed by atoms with E-state index in [1.54, 1.807) is 24.3 Å². The second-order valence-corrected chi connectivity index (χ2v) is 5.11. The molecule has 2 aromatic carbocycles. The van der Waals surface area contributed by atoms with Gasteiger partial charge >= 0.3 is 0 Å². The molecule has 0 heterocycles. The number of halogens is 1. The van der Waals surface area contributed by atoms with Gasteiger partial charge in [0.2, 0.25) is 0 Å². The molecule has 9 heteroatoms. The molecule has 0 aromatic heterocycles. The Balaban J connectivity index is 2.19. The standard InChI is InChI=1S/C16H11ClN4O4/c17-12-6-5-11(21(24)25)7-14(12)20-16(23)10(8-18)9-19-13-3-1-2-4-15(13)22/h1-7,9,19,22H,(H,20,23)/b10-9-. The molecule has 0 atom stereocenters. The predicted octanol–water partition coefficient (Wildman–Crippen LogP) is 3.41. The summed E-state index contributed by atoms with van der Waals surface area (Å²) in [6.45, 7) is 0. The van der Waals surface area contributed by atoms with Crippen LogP contribution in [0.1, 0.15) is 0 Å². The van der Waals surface area contributed by atoms with Crippen LogP contribution in [0.5, 0.6) is 5.75 Å². The maximum atomic E-state index is 12.2. The van der Waals surface area contributed by atoms with Crippen molar-refractivity contribution in [1.82, 2.24) is 0 Å². The Morgan fingerprint density at radius 1 is 1.28 bits per heavy atom. The number of carbonyl (C=O) groups excluding carboxylic acids is 1. The normalized spacial score (nSPS) is 10.6. The Hall–Kier alpha value is -3.57. The molecule has 2 aromatic rings. The summed E-state index contributed by atoms with van der Waals surface area (Å²) in [5.74, 6) is -0.869. The second kappa shape index (κ2) is 7.81. The third kappa shape index (κ3) is 4.46. The van der Waals surface area contributed by atoms with Crippen LogP contribution in [0.2, 0.25) is 5.02 Å². The van der Waals surface area contributed by atoms with Gasteiger partial charge in [0.15, 0.2) is 0 Å². The van der Waals surface area contributed by atoms with Crippen molar-refractivity contribution in [1.29, 1.82) is 5.26 Å². The number of nitrogens with zero attached hydrogens (tertiary/aromatic N) is 2. The van der Waals surface area contributed by atoms with Crippen LogP contribution >= 0.6 is 11.6 Å². The molecule has 0 bridgehead atoms. The first kappa shape index (κ1) is 17.8. The summed E-state index contributed by atoms with van der Waals surface area (Å²) >= 11 is 5.90. The van der Waals surface area contributed by atoms with Gasteiger partial charge in [-0.2, -0.15) is 5.26 Å². The summed E-state index contributed by atoms with van der Waals surface area (Å²) in [6, 6.07) is 11.5. The molecular weight excluding hydrogens is 348 g/mol. The first-order chi connectivity index (χ1) is 11.9. The van der Waals surface area contributed by atoms with Crippen molar-refractivity contribution in [3.63, 3.8) is 0 Å². The second-order valence-electron chi connectivity index (χ2n) is 4.71. The van der Waals surface area contributed by atoms with Gasteiger partial charge in [0.1, 0.15) is 17.4 Å². The van der Waals surface area contributed by atoms with E-state index in [1.165, 1.54) is 18.2 Å². The van der Waals surface area contributed by atoms with Crippen LogP contribution < -0.4 is 10.6 Å². The van der Waals surface area contributed by atoms with Gasteiger partial charge in [0.25, 0.3) is 11.6 Å². The number of aromatic hydroxyl groups is 1. The van der Waals surface area contributed by atoms with Crippen molar-refractivity contribution in [2.75, 3.05) is 10.6 Å². The Labute approximate surface area is 147 Å². The number of carbonyl (C=O) groups is 1. The number of phenols is 1. The van der Waals surface area contributed by atoms with Crippen LogP contribution in [0.3, 0.4) is 0 Å². The number of amides is 1. The SMILES string of the molecule is N#C/C(=C/Nc1ccccc1O)C(=O)Nc1cc([N+](=O)[O-])ccc1Cl. The summed E-state index contributed by atoms with van der Waals surface area (Å²) < 4.78 is 0. The van der Waals surface area contributed by atoms with E-state index in [0.29, 0.717) is 5.69 Å². The van der Waals surface area contributed by atoms with Crippen molar-refractivity contribution in [3.05, 3.63) is 69.4 Å². The zero-order valence-corrected chi connectivity index (χ0v) is 13.3. The van der Waals surface area contributed by atoms with Crippen LogP contribution in [-0.2, 0) is 4.79 Å². The van der Waals surface area contributed by atoms with E-state index < -0.39 is 10.8 Å². The maximum absolute atomic E-state index is 12.2. The molecule has 0 fully saturated rings. The number of nitrogens with one attached hydrogen (secondary N) is 2. The number of benzene rings is 2. The number of nitro groups is 1. The van der Waals surface area contributed by atoms with Crippen molar-refractivity contribution in [3.8, 4) is 11.8 Å². The van der Waals surface area contributed by atoms with E-state index in [1.807, 2.05) is 0 Å². The van der Waals surface area contributed by atoms with E-state index >= 15 is 0 Å². The summed E-state index contributed by atoms with van der Waals surface area (Å²) in [5.41, 5.74) is -0.263. The van der Waals surface area contributed by atoms with Crippen molar-refractivity contribution < 1.29 is 14.8 Å². The van der Waals surface area contributed by atoms with Gasteiger partial charge in [-0.05, 0) is 18.2 Å². The van der Waals surface area contributed by atoms with E-state index in [0.717, 1.165) is 12.3 Å². The third-order valence-electron chi connectivity index (χ3n) is 3.05. The molecule has 0 saturated carbocycles. The molecule has 2 rings (SSSR count). The van der Waals surface area contributed by atoms with Crippen molar-refractivity contribution in [2.24, 2.45) is 0 Å². The average molecular weight is 359 g/mol. The van der Waals surface area contributed by atoms with Gasteiger partial charge in [-0.15, -0.1) is 0 Å². The topological polar surface area (TPSA) is 128 Å². The summed E-state index contributed by atoms with van der Waals surface area (Å²) in [7, 11) is 0. The molecule has 0 spiro atoms. The summed E-state index contributed by atoms with van der Waals surface area (Å²) in [5, 5.41) is 34.6. The minimum atomic E-state index is -0.812. The number of anilines is 2. The van der Waals surface area contributed by atoms with Crippen molar-refractivity contribution in [2.45, 2.75) is 0 Å². The molecule has 8 nitrogen and oxygen atoms in total. The summed E-state index contributed by atoms with van der Waals surface area (Å²) in [6.07, 6.45) is 1.11. The fourth-order valence-electron chi connectivity index (χ4n) is 1.81. The minimum absolute atomic E-state index is 0.00424. The maximum Gasteiger partial charge on any atom is 0.271 e. The molecule has 0 aliphatic rings. The molecule has 3 N–H and O–H groups in total. The zero-order valence-electron chi connectivity index (χ0n) is 12.6. The lowest BCUT2D eigenvalue weighted by molar-refractivity contribution is -0.384. The molecule has 126 valence electrons. The Morgan fingerprint density at radius 2 is 2.00 bits per heavy atom. The number of phenolic OH excluding ortho intramolecular Hbond substituents is 1. The van der Waals surface area contributed by atoms with Crippen LogP contribution in [0.4, 0.5) is 17.1 Å².